The van der Waals surface area contributed by atoms with E-state index in [4.69, 9.17) is 4.98 Å². The number of benzene rings is 1. The van der Waals surface area contributed by atoms with Crippen LogP contribution >= 0.6 is 11.3 Å². The summed E-state index contributed by atoms with van der Waals surface area (Å²) < 4.78 is 2.14. The predicted octanol–water partition coefficient (Wildman–Crippen LogP) is 3.33. The van der Waals surface area contributed by atoms with Gasteiger partial charge in [-0.2, -0.15) is 0 Å². The van der Waals surface area contributed by atoms with Crippen LogP contribution in [-0.2, 0) is 0 Å². The highest BCUT2D eigenvalue weighted by atomic mass is 32.1. The van der Waals surface area contributed by atoms with E-state index in [1.165, 1.54) is 4.83 Å². The summed E-state index contributed by atoms with van der Waals surface area (Å²) in [6, 6.07) is 9.52. The second-order valence-electron chi connectivity index (χ2n) is 5.73. The average Bonchev–Trinajstić information content (AvgIpc) is 3.25. The molecule has 112 valence electrons. The molecule has 2 aromatic heterocycles. The molecule has 22 heavy (non-hydrogen) atoms. The van der Waals surface area contributed by atoms with Gasteiger partial charge in [-0.1, -0.05) is 18.2 Å². The molecule has 4 nitrogen and oxygen atoms in total. The summed E-state index contributed by atoms with van der Waals surface area (Å²) in [6.45, 7) is 3.60. The number of nitrogens with zero attached hydrogens (tertiary/aromatic N) is 3. The van der Waals surface area contributed by atoms with E-state index < -0.39 is 0 Å². The molecule has 1 fully saturated rings. The van der Waals surface area contributed by atoms with Crippen LogP contribution in [0.4, 0.5) is 0 Å². The van der Waals surface area contributed by atoms with Crippen molar-refractivity contribution in [1.82, 2.24) is 14.3 Å². The number of carbonyl (C=O) groups excluding carboxylic acids is 1. The van der Waals surface area contributed by atoms with Crippen molar-refractivity contribution in [3.05, 3.63) is 59.0 Å². The van der Waals surface area contributed by atoms with Gasteiger partial charge in [-0.05, 0) is 25.5 Å². The molecule has 3 aromatic rings. The monoisotopic (exact) mass is 311 g/mol. The Labute approximate surface area is 133 Å². The third-order valence-electron chi connectivity index (χ3n) is 4.34. The van der Waals surface area contributed by atoms with E-state index in [1.807, 2.05) is 42.2 Å². The molecule has 0 bridgehead atoms. The van der Waals surface area contributed by atoms with Gasteiger partial charge in [0.25, 0.3) is 5.91 Å². The van der Waals surface area contributed by atoms with Crippen LogP contribution in [0.5, 0.6) is 0 Å². The molecule has 0 spiro atoms. The van der Waals surface area contributed by atoms with Gasteiger partial charge in [0, 0.05) is 36.1 Å². The number of fused-ring (bicyclic) bond motifs is 1. The number of carbonyl (C=O) groups is 1. The van der Waals surface area contributed by atoms with E-state index in [-0.39, 0.29) is 5.91 Å². The van der Waals surface area contributed by atoms with Gasteiger partial charge in [0.2, 0.25) is 0 Å². The van der Waals surface area contributed by atoms with E-state index in [1.54, 1.807) is 11.3 Å². The molecular weight excluding hydrogens is 294 g/mol. The smallest absolute Gasteiger partial charge is 0.253 e. The molecule has 0 unspecified atom stereocenters. The Morgan fingerprint density at radius 1 is 1.32 bits per heavy atom. The molecule has 3 heterocycles. The first-order chi connectivity index (χ1) is 10.7. The summed E-state index contributed by atoms with van der Waals surface area (Å²) in [7, 11) is 0. The largest absolute Gasteiger partial charge is 0.338 e. The lowest BCUT2D eigenvalue weighted by Gasteiger charge is -2.16. The standard InChI is InChI=1S/C17H17N3OS/c1-12-18-15(17-20(12)9-10-22-17)14-7-8-19(11-14)16(21)13-5-3-2-4-6-13/h2-6,9-10,14H,7-8,11H2,1H3/t14-/m0/s1. The van der Waals surface area contributed by atoms with E-state index in [2.05, 4.69) is 16.0 Å². The van der Waals surface area contributed by atoms with Crippen LogP contribution in [0.25, 0.3) is 4.83 Å². The van der Waals surface area contributed by atoms with Crippen LogP contribution in [0.2, 0.25) is 0 Å². The number of thiazole rings is 1. The van der Waals surface area contributed by atoms with Crippen LogP contribution in [0.3, 0.4) is 0 Å². The summed E-state index contributed by atoms with van der Waals surface area (Å²) in [5.74, 6) is 1.50. The van der Waals surface area contributed by atoms with Gasteiger partial charge in [0.05, 0.1) is 5.69 Å². The highest BCUT2D eigenvalue weighted by Gasteiger charge is 2.31. The first-order valence-corrected chi connectivity index (χ1v) is 8.38. The molecule has 1 aromatic carbocycles. The minimum atomic E-state index is 0.126. The van der Waals surface area contributed by atoms with Gasteiger partial charge >= 0.3 is 0 Å². The Hall–Kier alpha value is -2.14. The predicted molar refractivity (Wildman–Crippen MR) is 87.5 cm³/mol. The van der Waals surface area contributed by atoms with Crippen LogP contribution in [-0.4, -0.2) is 33.3 Å². The number of amides is 1. The Morgan fingerprint density at radius 3 is 2.95 bits per heavy atom. The Balaban J connectivity index is 1.58. The van der Waals surface area contributed by atoms with Crippen molar-refractivity contribution in [1.29, 1.82) is 0 Å². The summed E-state index contributed by atoms with van der Waals surface area (Å²) >= 11 is 1.72. The molecule has 0 radical (unpaired) electrons. The molecule has 1 aliphatic rings. The number of aryl methyl sites for hydroxylation is 1. The molecule has 0 saturated carbocycles. The van der Waals surface area contributed by atoms with Crippen molar-refractivity contribution >= 4 is 22.1 Å². The highest BCUT2D eigenvalue weighted by Crippen LogP contribution is 2.32. The molecule has 4 rings (SSSR count). The zero-order valence-electron chi connectivity index (χ0n) is 12.4. The lowest BCUT2D eigenvalue weighted by atomic mass is 10.1. The van der Waals surface area contributed by atoms with Gasteiger partial charge in [-0.3, -0.25) is 9.20 Å². The summed E-state index contributed by atoms with van der Waals surface area (Å²) in [5.41, 5.74) is 1.92. The average molecular weight is 311 g/mol. The Morgan fingerprint density at radius 2 is 2.14 bits per heavy atom. The molecule has 1 amide bonds. The van der Waals surface area contributed by atoms with Crippen LogP contribution in [0, 0.1) is 6.92 Å². The molecule has 0 aliphatic carbocycles. The van der Waals surface area contributed by atoms with Crippen molar-refractivity contribution in [2.75, 3.05) is 13.1 Å². The number of rotatable bonds is 2. The third kappa shape index (κ3) is 2.13. The summed E-state index contributed by atoms with van der Waals surface area (Å²) in [6.07, 6.45) is 3.05. The lowest BCUT2D eigenvalue weighted by molar-refractivity contribution is 0.0790. The maximum absolute atomic E-state index is 12.5. The molecule has 5 heteroatoms. The fraction of sp³-hybridized carbons (Fsp3) is 0.294. The van der Waals surface area contributed by atoms with Gasteiger partial charge in [0.1, 0.15) is 10.7 Å². The topological polar surface area (TPSA) is 37.6 Å². The first kappa shape index (κ1) is 13.5. The number of imidazole rings is 1. The molecule has 1 aliphatic heterocycles. The lowest BCUT2D eigenvalue weighted by Crippen LogP contribution is -2.28. The van der Waals surface area contributed by atoms with Gasteiger partial charge in [0.15, 0.2) is 0 Å². The highest BCUT2D eigenvalue weighted by molar-refractivity contribution is 7.15. The zero-order chi connectivity index (χ0) is 15.1. The maximum atomic E-state index is 12.5. The Bertz CT molecular complexity index is 821. The number of aromatic nitrogens is 2. The van der Waals surface area contributed by atoms with Crippen molar-refractivity contribution in [2.45, 2.75) is 19.3 Å². The fourth-order valence-corrected chi connectivity index (χ4v) is 4.14. The third-order valence-corrected chi connectivity index (χ3v) is 5.23. The van der Waals surface area contributed by atoms with Crippen molar-refractivity contribution < 1.29 is 4.79 Å². The van der Waals surface area contributed by atoms with Crippen molar-refractivity contribution in [3.8, 4) is 0 Å². The van der Waals surface area contributed by atoms with Crippen LogP contribution in [0.15, 0.2) is 41.9 Å². The van der Waals surface area contributed by atoms with Crippen LogP contribution in [0.1, 0.15) is 34.2 Å². The van der Waals surface area contributed by atoms with Gasteiger partial charge in [-0.15, -0.1) is 11.3 Å². The van der Waals surface area contributed by atoms with Crippen LogP contribution < -0.4 is 0 Å². The molecule has 0 N–H and O–H groups in total. The van der Waals surface area contributed by atoms with Crippen molar-refractivity contribution in [2.24, 2.45) is 0 Å². The van der Waals surface area contributed by atoms with Gasteiger partial charge < -0.3 is 4.90 Å². The fourth-order valence-electron chi connectivity index (χ4n) is 3.19. The molecule has 1 atom stereocenters. The maximum Gasteiger partial charge on any atom is 0.253 e. The minimum Gasteiger partial charge on any atom is -0.338 e. The number of likely N-dealkylation sites (tertiary alicyclic amines) is 1. The van der Waals surface area contributed by atoms with E-state index in [0.29, 0.717) is 5.92 Å². The Kier molecular flexibility index (Phi) is 3.22. The number of hydrogen-bond acceptors (Lipinski definition) is 3. The molecular formula is C17H17N3OS. The van der Waals surface area contributed by atoms with E-state index in [9.17, 15) is 4.79 Å². The molecule has 1 saturated heterocycles. The quantitative estimate of drug-likeness (QED) is 0.728. The summed E-state index contributed by atoms with van der Waals surface area (Å²) in [4.78, 5) is 20.5. The van der Waals surface area contributed by atoms with Gasteiger partial charge in [-0.25, -0.2) is 4.98 Å². The van der Waals surface area contributed by atoms with E-state index >= 15 is 0 Å². The second-order valence-corrected chi connectivity index (χ2v) is 6.62. The summed E-state index contributed by atoms with van der Waals surface area (Å²) in [5, 5.41) is 2.09. The number of hydrogen-bond donors (Lipinski definition) is 0. The normalized spacial score (nSPS) is 18.2. The second kappa shape index (κ2) is 5.25. The SMILES string of the molecule is Cc1nc([C@H]2CCN(C(=O)c3ccccc3)C2)c2sccn12. The zero-order valence-corrected chi connectivity index (χ0v) is 13.2. The minimum absolute atomic E-state index is 0.126. The first-order valence-electron chi connectivity index (χ1n) is 7.50. The van der Waals surface area contributed by atoms with E-state index in [0.717, 1.165) is 36.6 Å². The van der Waals surface area contributed by atoms with Crippen molar-refractivity contribution in [3.63, 3.8) is 0 Å².